The molecule has 0 aliphatic rings. The standard InChI is InChI=1S/C10H24N2O/c1-5-10(11)8-12(9(2)3)6-7-13-4/h9-10H,5-8,11H2,1-4H3. The van der Waals surface area contributed by atoms with Crippen molar-refractivity contribution in [3.63, 3.8) is 0 Å². The normalized spacial score (nSPS) is 14.1. The highest BCUT2D eigenvalue weighted by molar-refractivity contribution is 4.69. The summed E-state index contributed by atoms with van der Waals surface area (Å²) in [7, 11) is 1.73. The summed E-state index contributed by atoms with van der Waals surface area (Å²) in [6.45, 7) is 9.24. The Morgan fingerprint density at radius 1 is 1.38 bits per heavy atom. The molecule has 1 atom stereocenters. The number of methoxy groups -OCH3 is 1. The Hall–Kier alpha value is -0.120. The van der Waals surface area contributed by atoms with Crippen LogP contribution in [0.5, 0.6) is 0 Å². The predicted molar refractivity (Wildman–Crippen MR) is 56.9 cm³/mol. The molecule has 0 aromatic heterocycles. The van der Waals surface area contributed by atoms with Gasteiger partial charge in [-0.15, -0.1) is 0 Å². The summed E-state index contributed by atoms with van der Waals surface area (Å²) in [5, 5.41) is 0. The molecule has 0 aromatic rings. The fourth-order valence-electron chi connectivity index (χ4n) is 1.20. The minimum absolute atomic E-state index is 0.291. The molecule has 0 spiro atoms. The first-order valence-corrected chi connectivity index (χ1v) is 5.10. The van der Waals surface area contributed by atoms with E-state index in [-0.39, 0.29) is 0 Å². The van der Waals surface area contributed by atoms with Gasteiger partial charge in [0.05, 0.1) is 6.61 Å². The van der Waals surface area contributed by atoms with Crippen LogP contribution in [0.4, 0.5) is 0 Å². The summed E-state index contributed by atoms with van der Waals surface area (Å²) >= 11 is 0. The molecule has 0 saturated carbocycles. The van der Waals surface area contributed by atoms with Gasteiger partial charge in [-0.1, -0.05) is 6.92 Å². The fraction of sp³-hybridized carbons (Fsp3) is 1.00. The molecule has 0 rings (SSSR count). The molecule has 2 N–H and O–H groups in total. The molecule has 3 heteroatoms. The summed E-state index contributed by atoms with van der Waals surface area (Å²) < 4.78 is 5.06. The van der Waals surface area contributed by atoms with Gasteiger partial charge < -0.3 is 10.5 Å². The molecule has 13 heavy (non-hydrogen) atoms. The van der Waals surface area contributed by atoms with Gasteiger partial charge in [-0.25, -0.2) is 0 Å². The lowest BCUT2D eigenvalue weighted by Gasteiger charge is -2.28. The van der Waals surface area contributed by atoms with Crippen LogP contribution in [-0.2, 0) is 4.74 Å². The number of hydrogen-bond donors (Lipinski definition) is 1. The first-order valence-electron chi connectivity index (χ1n) is 5.10. The van der Waals surface area contributed by atoms with Crippen molar-refractivity contribution in [2.45, 2.75) is 39.3 Å². The number of ether oxygens (including phenoxy) is 1. The Labute approximate surface area is 82.2 Å². The zero-order valence-electron chi connectivity index (χ0n) is 9.42. The van der Waals surface area contributed by atoms with Gasteiger partial charge in [0.15, 0.2) is 0 Å². The molecule has 0 radical (unpaired) electrons. The Bertz CT molecular complexity index is 117. The van der Waals surface area contributed by atoms with Gasteiger partial charge in [0.25, 0.3) is 0 Å². The summed E-state index contributed by atoms with van der Waals surface area (Å²) in [6, 6.07) is 0.840. The van der Waals surface area contributed by atoms with Crippen molar-refractivity contribution in [3.05, 3.63) is 0 Å². The van der Waals surface area contributed by atoms with Crippen LogP contribution in [0.15, 0.2) is 0 Å². The van der Waals surface area contributed by atoms with Gasteiger partial charge >= 0.3 is 0 Å². The minimum Gasteiger partial charge on any atom is -0.383 e. The molecule has 0 fully saturated rings. The second-order valence-corrected chi connectivity index (χ2v) is 3.75. The third kappa shape index (κ3) is 6.02. The van der Waals surface area contributed by atoms with E-state index in [4.69, 9.17) is 10.5 Å². The van der Waals surface area contributed by atoms with E-state index in [0.717, 1.165) is 26.1 Å². The van der Waals surface area contributed by atoms with Crippen molar-refractivity contribution in [1.29, 1.82) is 0 Å². The predicted octanol–water partition coefficient (Wildman–Crippen LogP) is 1.08. The monoisotopic (exact) mass is 188 g/mol. The summed E-state index contributed by atoms with van der Waals surface area (Å²) in [5.74, 6) is 0. The van der Waals surface area contributed by atoms with Crippen LogP contribution in [-0.4, -0.2) is 43.8 Å². The molecule has 0 heterocycles. The van der Waals surface area contributed by atoms with Gasteiger partial charge in [0.1, 0.15) is 0 Å². The number of rotatable bonds is 7. The molecule has 0 saturated heterocycles. The quantitative estimate of drug-likeness (QED) is 0.650. The highest BCUT2D eigenvalue weighted by Crippen LogP contribution is 2.00. The van der Waals surface area contributed by atoms with E-state index in [2.05, 4.69) is 25.7 Å². The Kier molecular flexibility index (Phi) is 7.23. The van der Waals surface area contributed by atoms with E-state index in [1.165, 1.54) is 0 Å². The molecule has 3 nitrogen and oxygen atoms in total. The summed E-state index contributed by atoms with van der Waals surface area (Å²) in [4.78, 5) is 2.36. The molecule has 0 aliphatic carbocycles. The van der Waals surface area contributed by atoms with Crippen LogP contribution < -0.4 is 5.73 Å². The summed E-state index contributed by atoms with van der Waals surface area (Å²) in [5.41, 5.74) is 5.90. The van der Waals surface area contributed by atoms with E-state index in [1.807, 2.05) is 0 Å². The van der Waals surface area contributed by atoms with Crippen LogP contribution in [0.1, 0.15) is 27.2 Å². The molecule has 0 aromatic carbocycles. The molecule has 0 bridgehead atoms. The molecular formula is C10H24N2O. The SMILES string of the molecule is CCC(N)CN(CCOC)C(C)C. The summed E-state index contributed by atoms with van der Waals surface area (Å²) in [6.07, 6.45) is 1.04. The lowest BCUT2D eigenvalue weighted by atomic mass is 10.2. The van der Waals surface area contributed by atoms with Crippen molar-refractivity contribution in [1.82, 2.24) is 4.90 Å². The van der Waals surface area contributed by atoms with E-state index in [0.29, 0.717) is 12.1 Å². The maximum atomic E-state index is 5.90. The lowest BCUT2D eigenvalue weighted by Crippen LogP contribution is -2.42. The number of nitrogens with zero attached hydrogens (tertiary/aromatic N) is 1. The van der Waals surface area contributed by atoms with Gasteiger partial charge in [-0.3, -0.25) is 4.90 Å². The van der Waals surface area contributed by atoms with Crippen LogP contribution in [0.25, 0.3) is 0 Å². The first-order chi connectivity index (χ1) is 6.11. The van der Waals surface area contributed by atoms with Crippen molar-refractivity contribution in [2.75, 3.05) is 26.8 Å². The van der Waals surface area contributed by atoms with Gasteiger partial charge in [0, 0.05) is 32.3 Å². The fourth-order valence-corrected chi connectivity index (χ4v) is 1.20. The number of nitrogens with two attached hydrogens (primary N) is 1. The highest BCUT2D eigenvalue weighted by Gasteiger charge is 2.11. The highest BCUT2D eigenvalue weighted by atomic mass is 16.5. The second-order valence-electron chi connectivity index (χ2n) is 3.75. The largest absolute Gasteiger partial charge is 0.383 e. The number of hydrogen-bond acceptors (Lipinski definition) is 3. The topological polar surface area (TPSA) is 38.5 Å². The molecule has 0 amide bonds. The molecule has 80 valence electrons. The van der Waals surface area contributed by atoms with E-state index >= 15 is 0 Å². The van der Waals surface area contributed by atoms with E-state index < -0.39 is 0 Å². The minimum atomic E-state index is 0.291. The zero-order chi connectivity index (χ0) is 10.3. The van der Waals surface area contributed by atoms with Crippen LogP contribution in [0.2, 0.25) is 0 Å². The lowest BCUT2D eigenvalue weighted by molar-refractivity contribution is 0.124. The average Bonchev–Trinajstić information content (AvgIpc) is 2.11. The Balaban J connectivity index is 3.79. The maximum absolute atomic E-state index is 5.90. The first kappa shape index (κ1) is 12.9. The van der Waals surface area contributed by atoms with Gasteiger partial charge in [-0.05, 0) is 20.3 Å². The molecule has 0 aliphatic heterocycles. The molecular weight excluding hydrogens is 164 g/mol. The maximum Gasteiger partial charge on any atom is 0.0589 e. The van der Waals surface area contributed by atoms with Crippen molar-refractivity contribution in [3.8, 4) is 0 Å². The van der Waals surface area contributed by atoms with Crippen molar-refractivity contribution < 1.29 is 4.74 Å². The average molecular weight is 188 g/mol. The van der Waals surface area contributed by atoms with Crippen molar-refractivity contribution in [2.24, 2.45) is 5.73 Å². The van der Waals surface area contributed by atoms with Crippen molar-refractivity contribution >= 4 is 0 Å². The third-order valence-electron chi connectivity index (χ3n) is 2.31. The zero-order valence-corrected chi connectivity index (χ0v) is 9.42. The molecule has 1 unspecified atom stereocenters. The van der Waals surface area contributed by atoms with Gasteiger partial charge in [0.2, 0.25) is 0 Å². The van der Waals surface area contributed by atoms with Crippen LogP contribution in [0.3, 0.4) is 0 Å². The van der Waals surface area contributed by atoms with E-state index in [9.17, 15) is 0 Å². The second kappa shape index (κ2) is 7.30. The van der Waals surface area contributed by atoms with Gasteiger partial charge in [-0.2, -0.15) is 0 Å². The van der Waals surface area contributed by atoms with Crippen LogP contribution in [0, 0.1) is 0 Å². The Morgan fingerprint density at radius 3 is 2.38 bits per heavy atom. The smallest absolute Gasteiger partial charge is 0.0589 e. The Morgan fingerprint density at radius 2 is 2.00 bits per heavy atom. The van der Waals surface area contributed by atoms with Crippen LogP contribution >= 0.6 is 0 Å². The third-order valence-corrected chi connectivity index (χ3v) is 2.31. The van der Waals surface area contributed by atoms with E-state index in [1.54, 1.807) is 7.11 Å².